The number of piperidine rings is 1. The molecule has 1 aliphatic rings. The molecule has 0 N–H and O–H groups in total. The number of hydrogen-bond acceptors (Lipinski definition) is 3. The molecule has 0 radical (unpaired) electrons. The molecular formula is C16H17ClN2O2S. The van der Waals surface area contributed by atoms with E-state index in [1.165, 1.54) is 0 Å². The van der Waals surface area contributed by atoms with Gasteiger partial charge in [0.25, 0.3) is 0 Å². The Hall–Kier alpha value is -1.43. The van der Waals surface area contributed by atoms with Crippen molar-refractivity contribution in [2.24, 2.45) is 0 Å². The van der Waals surface area contributed by atoms with Crippen molar-refractivity contribution in [1.82, 2.24) is 9.29 Å². The quantitative estimate of drug-likeness (QED) is 0.859. The molecule has 0 spiro atoms. The maximum atomic E-state index is 12.9. The van der Waals surface area contributed by atoms with Crippen LogP contribution in [-0.2, 0) is 10.0 Å². The number of benzene rings is 1. The number of halogens is 1. The summed E-state index contributed by atoms with van der Waals surface area (Å²) in [6.07, 6.45) is 6.17. The van der Waals surface area contributed by atoms with Crippen molar-refractivity contribution in [3.05, 3.63) is 59.4 Å². The predicted octanol–water partition coefficient (Wildman–Crippen LogP) is 3.65. The smallest absolute Gasteiger partial charge is 0.243 e. The molecular weight excluding hydrogens is 320 g/mol. The first-order valence-electron chi connectivity index (χ1n) is 7.26. The Balaban J connectivity index is 1.98. The fourth-order valence-electron chi connectivity index (χ4n) is 2.84. The lowest BCUT2D eigenvalue weighted by atomic mass is 9.99. The first-order chi connectivity index (χ1) is 10.6. The highest BCUT2D eigenvalue weighted by atomic mass is 35.5. The Bertz CT molecular complexity index is 733. The highest BCUT2D eigenvalue weighted by molar-refractivity contribution is 7.89. The van der Waals surface area contributed by atoms with Gasteiger partial charge in [-0.2, -0.15) is 4.31 Å². The third-order valence-corrected chi connectivity index (χ3v) is 6.12. The van der Waals surface area contributed by atoms with Crippen LogP contribution in [0.15, 0.2) is 53.7 Å². The Morgan fingerprint density at radius 2 is 1.91 bits per heavy atom. The Labute approximate surface area is 135 Å². The second kappa shape index (κ2) is 6.36. The molecule has 0 bridgehead atoms. The predicted molar refractivity (Wildman–Crippen MR) is 86.2 cm³/mol. The first-order valence-corrected chi connectivity index (χ1v) is 9.08. The fraction of sp³-hybridized carbons (Fsp3) is 0.312. The average Bonchev–Trinajstić information content (AvgIpc) is 2.56. The summed E-state index contributed by atoms with van der Waals surface area (Å²) >= 11 is 5.86. The number of rotatable bonds is 3. The number of nitrogens with zero attached hydrogens (tertiary/aromatic N) is 2. The van der Waals surface area contributed by atoms with Crippen LogP contribution in [0.4, 0.5) is 0 Å². The SMILES string of the molecule is O=S(=O)(c1ccc(Cl)cc1)N1CCCC[C@H]1c1cccnc1. The zero-order valence-corrected chi connectivity index (χ0v) is 13.6. The molecule has 2 heterocycles. The van der Waals surface area contributed by atoms with Crippen molar-refractivity contribution >= 4 is 21.6 Å². The molecule has 4 nitrogen and oxygen atoms in total. The average molecular weight is 337 g/mol. The van der Waals surface area contributed by atoms with E-state index in [1.807, 2.05) is 12.1 Å². The van der Waals surface area contributed by atoms with Gasteiger partial charge < -0.3 is 0 Å². The van der Waals surface area contributed by atoms with Gasteiger partial charge in [-0.05, 0) is 48.7 Å². The molecule has 116 valence electrons. The summed E-state index contributed by atoms with van der Waals surface area (Å²) < 4.78 is 27.5. The van der Waals surface area contributed by atoms with Crippen LogP contribution in [0.2, 0.25) is 5.02 Å². The number of aromatic nitrogens is 1. The zero-order valence-electron chi connectivity index (χ0n) is 12.0. The molecule has 0 saturated carbocycles. The van der Waals surface area contributed by atoms with Crippen molar-refractivity contribution in [1.29, 1.82) is 0 Å². The van der Waals surface area contributed by atoms with Gasteiger partial charge in [-0.25, -0.2) is 8.42 Å². The molecule has 1 fully saturated rings. The van der Waals surface area contributed by atoms with Gasteiger partial charge in [-0.15, -0.1) is 0 Å². The van der Waals surface area contributed by atoms with E-state index in [0.717, 1.165) is 24.8 Å². The highest BCUT2D eigenvalue weighted by Gasteiger charge is 2.34. The minimum Gasteiger partial charge on any atom is -0.264 e. The van der Waals surface area contributed by atoms with E-state index < -0.39 is 10.0 Å². The molecule has 22 heavy (non-hydrogen) atoms. The third kappa shape index (κ3) is 3.02. The number of pyridine rings is 1. The second-order valence-electron chi connectivity index (χ2n) is 5.37. The lowest BCUT2D eigenvalue weighted by Crippen LogP contribution is -2.38. The normalized spacial score (nSPS) is 20.0. The standard InChI is InChI=1S/C16H17ClN2O2S/c17-14-6-8-15(9-7-14)22(20,21)19-11-2-1-5-16(19)13-4-3-10-18-12-13/h3-4,6-10,12,16H,1-2,5,11H2/t16-/m0/s1. The van der Waals surface area contributed by atoms with Crippen LogP contribution in [-0.4, -0.2) is 24.3 Å². The minimum atomic E-state index is -3.53. The highest BCUT2D eigenvalue weighted by Crippen LogP contribution is 2.35. The van der Waals surface area contributed by atoms with Gasteiger partial charge >= 0.3 is 0 Å². The lowest BCUT2D eigenvalue weighted by molar-refractivity contribution is 0.255. The molecule has 3 rings (SSSR count). The second-order valence-corrected chi connectivity index (χ2v) is 7.69. The van der Waals surface area contributed by atoms with Gasteiger partial charge in [-0.3, -0.25) is 4.98 Å². The monoisotopic (exact) mass is 336 g/mol. The largest absolute Gasteiger partial charge is 0.264 e. The van der Waals surface area contributed by atoms with E-state index in [1.54, 1.807) is 41.0 Å². The Morgan fingerprint density at radius 3 is 2.59 bits per heavy atom. The summed E-state index contributed by atoms with van der Waals surface area (Å²) in [5.41, 5.74) is 0.944. The summed E-state index contributed by atoms with van der Waals surface area (Å²) in [6, 6.07) is 9.97. The molecule has 1 aliphatic heterocycles. The van der Waals surface area contributed by atoms with E-state index in [0.29, 0.717) is 11.6 Å². The molecule has 2 aromatic rings. The van der Waals surface area contributed by atoms with E-state index >= 15 is 0 Å². The van der Waals surface area contributed by atoms with Crippen LogP contribution in [0.5, 0.6) is 0 Å². The van der Waals surface area contributed by atoms with Gasteiger partial charge in [0.1, 0.15) is 0 Å². The van der Waals surface area contributed by atoms with Crippen LogP contribution in [0, 0.1) is 0 Å². The molecule has 1 aromatic heterocycles. The Kier molecular flexibility index (Phi) is 4.47. The Morgan fingerprint density at radius 1 is 1.14 bits per heavy atom. The molecule has 1 saturated heterocycles. The topological polar surface area (TPSA) is 50.3 Å². The maximum Gasteiger partial charge on any atom is 0.243 e. The van der Waals surface area contributed by atoms with Crippen molar-refractivity contribution in [2.45, 2.75) is 30.2 Å². The van der Waals surface area contributed by atoms with Gasteiger partial charge in [0.15, 0.2) is 0 Å². The van der Waals surface area contributed by atoms with E-state index in [2.05, 4.69) is 4.98 Å². The van der Waals surface area contributed by atoms with E-state index in [-0.39, 0.29) is 10.9 Å². The van der Waals surface area contributed by atoms with Crippen LogP contribution >= 0.6 is 11.6 Å². The van der Waals surface area contributed by atoms with Gasteiger partial charge in [0, 0.05) is 24.0 Å². The van der Waals surface area contributed by atoms with Crippen molar-refractivity contribution in [2.75, 3.05) is 6.54 Å². The fourth-order valence-corrected chi connectivity index (χ4v) is 4.65. The minimum absolute atomic E-state index is 0.150. The van der Waals surface area contributed by atoms with E-state index in [9.17, 15) is 8.42 Å². The molecule has 1 atom stereocenters. The first kappa shape index (κ1) is 15.5. The van der Waals surface area contributed by atoms with Crippen LogP contribution in [0.1, 0.15) is 30.9 Å². The molecule has 6 heteroatoms. The van der Waals surface area contributed by atoms with Crippen molar-refractivity contribution < 1.29 is 8.42 Å². The molecule has 0 amide bonds. The van der Waals surface area contributed by atoms with Crippen LogP contribution < -0.4 is 0 Å². The number of sulfonamides is 1. The zero-order chi connectivity index (χ0) is 15.6. The maximum absolute atomic E-state index is 12.9. The summed E-state index contributed by atoms with van der Waals surface area (Å²) in [7, 11) is -3.53. The summed E-state index contributed by atoms with van der Waals surface area (Å²) in [5.74, 6) is 0. The van der Waals surface area contributed by atoms with Gasteiger partial charge in [0.05, 0.1) is 10.9 Å². The lowest BCUT2D eigenvalue weighted by Gasteiger charge is -2.34. The van der Waals surface area contributed by atoms with Gasteiger partial charge in [-0.1, -0.05) is 24.1 Å². The van der Waals surface area contributed by atoms with Crippen molar-refractivity contribution in [3.63, 3.8) is 0 Å². The molecule has 0 unspecified atom stereocenters. The number of hydrogen-bond donors (Lipinski definition) is 0. The van der Waals surface area contributed by atoms with Crippen molar-refractivity contribution in [3.8, 4) is 0 Å². The molecule has 1 aromatic carbocycles. The van der Waals surface area contributed by atoms with Crippen LogP contribution in [0.3, 0.4) is 0 Å². The van der Waals surface area contributed by atoms with Gasteiger partial charge in [0.2, 0.25) is 10.0 Å². The molecule has 0 aliphatic carbocycles. The summed E-state index contributed by atoms with van der Waals surface area (Å²) in [5, 5.41) is 0.529. The van der Waals surface area contributed by atoms with E-state index in [4.69, 9.17) is 11.6 Å². The van der Waals surface area contributed by atoms with Crippen LogP contribution in [0.25, 0.3) is 0 Å². The third-order valence-electron chi connectivity index (χ3n) is 3.94. The summed E-state index contributed by atoms with van der Waals surface area (Å²) in [6.45, 7) is 0.532. The summed E-state index contributed by atoms with van der Waals surface area (Å²) in [4.78, 5) is 4.41.